The summed E-state index contributed by atoms with van der Waals surface area (Å²) in [4.78, 5) is 0. The summed E-state index contributed by atoms with van der Waals surface area (Å²) in [5.41, 5.74) is 0.00405. The van der Waals surface area contributed by atoms with Crippen LogP contribution in [0.3, 0.4) is 0 Å². The molecule has 0 amide bonds. The topological polar surface area (TPSA) is 21.3 Å². The van der Waals surface area contributed by atoms with E-state index in [1.807, 2.05) is 0 Å². The Morgan fingerprint density at radius 3 is 2.58 bits per heavy atom. The molecular formula is C9H17NOS. The highest BCUT2D eigenvalue weighted by Gasteiger charge is 2.31. The summed E-state index contributed by atoms with van der Waals surface area (Å²) in [5, 5.41) is 3.85. The molecule has 0 saturated carbocycles. The van der Waals surface area contributed by atoms with Gasteiger partial charge < -0.3 is 10.1 Å². The van der Waals surface area contributed by atoms with Gasteiger partial charge in [-0.05, 0) is 38.9 Å². The van der Waals surface area contributed by atoms with Gasteiger partial charge in [-0.1, -0.05) is 6.92 Å². The molecule has 0 aromatic carbocycles. The Kier molecular flexibility index (Phi) is 3.47. The molecule has 1 rings (SSSR count). The minimum Gasteiger partial charge on any atom is -0.482 e. The zero-order valence-electron chi connectivity index (χ0n) is 7.60. The summed E-state index contributed by atoms with van der Waals surface area (Å²) >= 11 is 4.08. The molecule has 70 valence electrons. The molecule has 0 spiro atoms. The molecule has 0 aromatic heterocycles. The summed E-state index contributed by atoms with van der Waals surface area (Å²) < 4.78 is 5.66. The fourth-order valence-corrected chi connectivity index (χ4v) is 1.85. The third-order valence-corrected chi connectivity index (χ3v) is 2.58. The lowest BCUT2D eigenvalue weighted by Crippen LogP contribution is -2.43. The lowest BCUT2D eigenvalue weighted by atomic mass is 9.89. The van der Waals surface area contributed by atoms with Crippen LogP contribution < -0.4 is 5.32 Å². The Morgan fingerprint density at radius 1 is 1.58 bits per heavy atom. The fourth-order valence-electron chi connectivity index (χ4n) is 1.66. The lowest BCUT2D eigenvalue weighted by molar-refractivity contribution is -0.0131. The lowest BCUT2D eigenvalue weighted by Gasteiger charge is -2.37. The molecule has 0 atom stereocenters. The second kappa shape index (κ2) is 4.19. The zero-order valence-corrected chi connectivity index (χ0v) is 8.49. The normalized spacial score (nSPS) is 21.8. The van der Waals surface area contributed by atoms with Gasteiger partial charge in [-0.15, -0.1) is 12.6 Å². The van der Waals surface area contributed by atoms with Crippen LogP contribution in [0.5, 0.6) is 0 Å². The van der Waals surface area contributed by atoms with Gasteiger partial charge in [0.25, 0.3) is 0 Å². The van der Waals surface area contributed by atoms with Gasteiger partial charge >= 0.3 is 0 Å². The first-order chi connectivity index (χ1) is 5.68. The van der Waals surface area contributed by atoms with Gasteiger partial charge in [-0.3, -0.25) is 0 Å². The quantitative estimate of drug-likeness (QED) is 0.520. The van der Waals surface area contributed by atoms with Gasteiger partial charge in [0.1, 0.15) is 10.7 Å². The Balaban J connectivity index is 2.53. The van der Waals surface area contributed by atoms with Crippen molar-refractivity contribution in [1.29, 1.82) is 0 Å². The van der Waals surface area contributed by atoms with E-state index < -0.39 is 0 Å². The number of rotatable bonds is 3. The van der Waals surface area contributed by atoms with Crippen molar-refractivity contribution in [3.05, 3.63) is 11.7 Å². The monoisotopic (exact) mass is 187 g/mol. The molecule has 3 heteroatoms. The summed E-state index contributed by atoms with van der Waals surface area (Å²) in [7, 11) is 0. The molecule has 1 aliphatic rings. The first-order valence-corrected chi connectivity index (χ1v) is 4.91. The molecule has 12 heavy (non-hydrogen) atoms. The highest BCUT2D eigenvalue weighted by Crippen LogP contribution is 2.29. The number of nitrogens with one attached hydrogen (secondary N) is 1. The third-order valence-electron chi connectivity index (χ3n) is 2.49. The van der Waals surface area contributed by atoms with Gasteiger partial charge in [0.05, 0.1) is 0 Å². The van der Waals surface area contributed by atoms with Crippen molar-refractivity contribution in [2.45, 2.75) is 31.8 Å². The fraction of sp³-hybridized carbons (Fsp3) is 0.778. The molecule has 0 bridgehead atoms. The van der Waals surface area contributed by atoms with E-state index in [-0.39, 0.29) is 5.60 Å². The molecule has 0 aliphatic carbocycles. The van der Waals surface area contributed by atoms with Crippen molar-refractivity contribution < 1.29 is 4.74 Å². The second-order valence-electron chi connectivity index (χ2n) is 3.28. The Labute approximate surface area is 79.8 Å². The van der Waals surface area contributed by atoms with Gasteiger partial charge in [0.15, 0.2) is 0 Å². The van der Waals surface area contributed by atoms with Crippen molar-refractivity contribution in [2.75, 3.05) is 13.1 Å². The largest absolute Gasteiger partial charge is 0.482 e. The van der Waals surface area contributed by atoms with Crippen LogP contribution in [0.4, 0.5) is 0 Å². The van der Waals surface area contributed by atoms with Crippen molar-refractivity contribution in [3.8, 4) is 0 Å². The number of piperidine rings is 1. The van der Waals surface area contributed by atoms with E-state index in [0.29, 0.717) is 5.09 Å². The third kappa shape index (κ3) is 2.42. The van der Waals surface area contributed by atoms with Crippen LogP contribution in [-0.2, 0) is 4.74 Å². The average Bonchev–Trinajstić information content (AvgIpc) is 2.05. The van der Waals surface area contributed by atoms with Crippen LogP contribution >= 0.6 is 12.6 Å². The maximum atomic E-state index is 5.66. The first kappa shape index (κ1) is 9.93. The Hall–Kier alpha value is -0.150. The molecule has 2 nitrogen and oxygen atoms in total. The summed E-state index contributed by atoms with van der Waals surface area (Å²) in [6.07, 6.45) is 3.15. The van der Waals surface area contributed by atoms with E-state index in [4.69, 9.17) is 4.74 Å². The summed E-state index contributed by atoms with van der Waals surface area (Å²) in [6.45, 7) is 7.89. The van der Waals surface area contributed by atoms with Gasteiger partial charge in [0.2, 0.25) is 0 Å². The minimum absolute atomic E-state index is 0.00405. The van der Waals surface area contributed by atoms with E-state index in [1.54, 1.807) is 0 Å². The highest BCUT2D eigenvalue weighted by molar-refractivity contribution is 7.84. The number of hydrogen-bond acceptors (Lipinski definition) is 3. The Morgan fingerprint density at radius 2 is 2.17 bits per heavy atom. The highest BCUT2D eigenvalue weighted by atomic mass is 32.1. The molecule has 1 N–H and O–H groups in total. The van der Waals surface area contributed by atoms with E-state index in [0.717, 1.165) is 32.4 Å². The Bertz CT molecular complexity index is 164. The van der Waals surface area contributed by atoms with Gasteiger partial charge in [0, 0.05) is 0 Å². The number of thiol groups is 1. The second-order valence-corrected chi connectivity index (χ2v) is 3.78. The van der Waals surface area contributed by atoms with Gasteiger partial charge in [-0.2, -0.15) is 0 Å². The van der Waals surface area contributed by atoms with E-state index in [2.05, 4.69) is 31.4 Å². The maximum Gasteiger partial charge on any atom is 0.143 e. The number of hydrogen-bond donors (Lipinski definition) is 2. The SMILES string of the molecule is C=C(S)OC1(CC)CCNCC1. The van der Waals surface area contributed by atoms with Crippen molar-refractivity contribution in [1.82, 2.24) is 5.32 Å². The van der Waals surface area contributed by atoms with Crippen molar-refractivity contribution in [3.63, 3.8) is 0 Å². The molecule has 1 aliphatic heterocycles. The minimum atomic E-state index is 0.00405. The smallest absolute Gasteiger partial charge is 0.143 e. The van der Waals surface area contributed by atoms with Crippen LogP contribution in [0.1, 0.15) is 26.2 Å². The van der Waals surface area contributed by atoms with E-state index >= 15 is 0 Å². The standard InChI is InChI=1S/C9H17NOS/c1-3-9(11-8(2)12)4-6-10-7-5-9/h10,12H,2-7H2,1H3. The van der Waals surface area contributed by atoms with Crippen LogP contribution in [0.2, 0.25) is 0 Å². The summed E-state index contributed by atoms with van der Waals surface area (Å²) in [6, 6.07) is 0. The van der Waals surface area contributed by atoms with Crippen LogP contribution in [-0.4, -0.2) is 18.7 Å². The zero-order chi connectivity index (χ0) is 9.03. The van der Waals surface area contributed by atoms with Crippen LogP contribution in [0, 0.1) is 0 Å². The van der Waals surface area contributed by atoms with Crippen LogP contribution in [0.15, 0.2) is 11.7 Å². The molecule has 0 aromatic rings. The molecule has 1 fully saturated rings. The van der Waals surface area contributed by atoms with Crippen molar-refractivity contribution >= 4 is 12.6 Å². The number of ether oxygens (including phenoxy) is 1. The van der Waals surface area contributed by atoms with E-state index in [9.17, 15) is 0 Å². The summed E-state index contributed by atoms with van der Waals surface area (Å²) in [5.74, 6) is 0. The van der Waals surface area contributed by atoms with Crippen molar-refractivity contribution in [2.24, 2.45) is 0 Å². The average molecular weight is 187 g/mol. The predicted octanol–water partition coefficient (Wildman–Crippen LogP) is 1.94. The molecule has 1 heterocycles. The molecule has 0 radical (unpaired) electrons. The predicted molar refractivity (Wildman–Crippen MR) is 54.3 cm³/mol. The molecule has 0 unspecified atom stereocenters. The van der Waals surface area contributed by atoms with Crippen LogP contribution in [0.25, 0.3) is 0 Å². The molecule has 1 saturated heterocycles. The maximum absolute atomic E-state index is 5.66. The first-order valence-electron chi connectivity index (χ1n) is 4.46. The van der Waals surface area contributed by atoms with Gasteiger partial charge in [-0.25, -0.2) is 0 Å². The van der Waals surface area contributed by atoms with E-state index in [1.165, 1.54) is 0 Å². The molecular weight excluding hydrogens is 170 g/mol.